The lowest BCUT2D eigenvalue weighted by Gasteiger charge is -2.18. The Morgan fingerprint density at radius 3 is 2.71 bits per heavy atom. The van der Waals surface area contributed by atoms with Gasteiger partial charge in [-0.05, 0) is 48.3 Å². The third-order valence-electron chi connectivity index (χ3n) is 2.79. The normalized spacial score (nSPS) is 22.7. The standard InChI is InChI=1S/C12H14BrNO2S/c13-9-4-6-10(7-5-9)17(16)11-3-1-2-8-14-12(11)15/h4-7,11H,1-3,8H2,(H,14,15). The molecule has 1 N–H and O–H groups in total. The number of hydrogen-bond acceptors (Lipinski definition) is 2. The fraction of sp³-hybridized carbons (Fsp3) is 0.417. The van der Waals surface area contributed by atoms with E-state index in [9.17, 15) is 9.35 Å². The van der Waals surface area contributed by atoms with Gasteiger partial charge in [-0.3, -0.25) is 4.79 Å². The molecule has 0 bridgehead atoms. The summed E-state index contributed by atoms with van der Waals surface area (Å²) < 4.78 is 13.3. The van der Waals surface area contributed by atoms with Crippen molar-refractivity contribution >= 4 is 33.0 Å². The van der Waals surface area contributed by atoms with Crippen molar-refractivity contribution in [1.82, 2.24) is 5.32 Å². The lowest BCUT2D eigenvalue weighted by atomic mass is 10.2. The van der Waals surface area contributed by atoms with Gasteiger partial charge in [-0.25, -0.2) is 0 Å². The first-order chi connectivity index (χ1) is 8.18. The minimum Gasteiger partial charge on any atom is -0.611 e. The van der Waals surface area contributed by atoms with E-state index >= 15 is 0 Å². The smallest absolute Gasteiger partial charge is 0.273 e. The summed E-state index contributed by atoms with van der Waals surface area (Å²) in [5, 5.41) is 2.41. The van der Waals surface area contributed by atoms with Crippen molar-refractivity contribution in [3.05, 3.63) is 28.7 Å². The van der Waals surface area contributed by atoms with Gasteiger partial charge in [0.15, 0.2) is 10.1 Å². The molecule has 0 radical (unpaired) electrons. The molecule has 1 aliphatic heterocycles. The maximum atomic E-state index is 12.3. The van der Waals surface area contributed by atoms with E-state index in [-0.39, 0.29) is 5.91 Å². The molecule has 0 aromatic heterocycles. The van der Waals surface area contributed by atoms with Gasteiger partial charge in [-0.1, -0.05) is 15.9 Å². The molecular weight excluding hydrogens is 302 g/mol. The number of benzene rings is 1. The second-order valence-corrected chi connectivity index (χ2v) is 6.58. The highest BCUT2D eigenvalue weighted by molar-refractivity contribution is 9.10. The minimum atomic E-state index is -1.25. The Morgan fingerprint density at radius 1 is 1.29 bits per heavy atom. The molecule has 5 heteroatoms. The van der Waals surface area contributed by atoms with Gasteiger partial charge >= 0.3 is 0 Å². The van der Waals surface area contributed by atoms with Gasteiger partial charge in [0.2, 0.25) is 0 Å². The Hall–Kier alpha value is -0.520. The zero-order valence-corrected chi connectivity index (χ0v) is 11.7. The van der Waals surface area contributed by atoms with Gasteiger partial charge in [0, 0.05) is 17.4 Å². The molecule has 17 heavy (non-hydrogen) atoms. The zero-order valence-electron chi connectivity index (χ0n) is 9.32. The first kappa shape index (κ1) is 12.9. The topological polar surface area (TPSA) is 52.2 Å². The van der Waals surface area contributed by atoms with Crippen LogP contribution in [0.2, 0.25) is 0 Å². The molecule has 1 aromatic rings. The molecular formula is C12H14BrNO2S. The Bertz CT molecular complexity index is 396. The van der Waals surface area contributed by atoms with Crippen molar-refractivity contribution in [2.45, 2.75) is 29.4 Å². The van der Waals surface area contributed by atoms with Gasteiger partial charge in [-0.2, -0.15) is 0 Å². The summed E-state index contributed by atoms with van der Waals surface area (Å²) in [4.78, 5) is 12.5. The van der Waals surface area contributed by atoms with Crippen LogP contribution in [0.3, 0.4) is 0 Å². The molecule has 1 amide bonds. The molecule has 92 valence electrons. The summed E-state index contributed by atoms with van der Waals surface area (Å²) in [6.45, 7) is 0.701. The minimum absolute atomic E-state index is 0.0799. The van der Waals surface area contributed by atoms with Crippen LogP contribution < -0.4 is 5.32 Å². The van der Waals surface area contributed by atoms with Crippen LogP contribution in [0.1, 0.15) is 19.3 Å². The van der Waals surface area contributed by atoms with Crippen LogP contribution in [-0.2, 0) is 16.0 Å². The fourth-order valence-corrected chi connectivity index (χ4v) is 3.50. The number of halogens is 1. The predicted molar refractivity (Wildman–Crippen MR) is 71.2 cm³/mol. The molecule has 1 saturated heterocycles. The van der Waals surface area contributed by atoms with E-state index in [0.29, 0.717) is 13.0 Å². The molecule has 1 aromatic carbocycles. The molecule has 3 nitrogen and oxygen atoms in total. The number of carbonyl (C=O) groups is 1. The van der Waals surface area contributed by atoms with Crippen LogP contribution in [0.5, 0.6) is 0 Å². The van der Waals surface area contributed by atoms with E-state index < -0.39 is 16.4 Å². The van der Waals surface area contributed by atoms with Crippen molar-refractivity contribution in [2.24, 2.45) is 0 Å². The quantitative estimate of drug-likeness (QED) is 0.851. The lowest BCUT2D eigenvalue weighted by molar-refractivity contribution is -0.120. The Labute approximate surface area is 112 Å². The Kier molecular flexibility index (Phi) is 4.48. The molecule has 2 atom stereocenters. The van der Waals surface area contributed by atoms with Gasteiger partial charge in [0.1, 0.15) is 0 Å². The molecule has 1 fully saturated rings. The van der Waals surface area contributed by atoms with E-state index in [0.717, 1.165) is 22.2 Å². The van der Waals surface area contributed by atoms with E-state index in [4.69, 9.17) is 0 Å². The number of nitrogens with one attached hydrogen (secondary N) is 1. The second kappa shape index (κ2) is 5.89. The summed E-state index contributed by atoms with van der Waals surface area (Å²) in [5.41, 5.74) is 0. The van der Waals surface area contributed by atoms with Crippen LogP contribution in [0.15, 0.2) is 33.6 Å². The molecule has 0 aliphatic carbocycles. The van der Waals surface area contributed by atoms with E-state index in [1.807, 2.05) is 12.1 Å². The fourth-order valence-electron chi connectivity index (χ4n) is 1.85. The SMILES string of the molecule is O=C1NCCCCC1[S+]([O-])c1ccc(Br)cc1. The molecule has 0 spiro atoms. The first-order valence-electron chi connectivity index (χ1n) is 5.62. The van der Waals surface area contributed by atoms with E-state index in [1.165, 1.54) is 0 Å². The van der Waals surface area contributed by atoms with E-state index in [1.54, 1.807) is 12.1 Å². The molecule has 2 rings (SSSR count). The van der Waals surface area contributed by atoms with Crippen LogP contribution in [-0.4, -0.2) is 22.3 Å². The molecule has 1 aliphatic rings. The van der Waals surface area contributed by atoms with Gasteiger partial charge < -0.3 is 9.87 Å². The number of amides is 1. The van der Waals surface area contributed by atoms with Crippen molar-refractivity contribution in [3.8, 4) is 0 Å². The van der Waals surface area contributed by atoms with Gasteiger partial charge in [0.25, 0.3) is 5.91 Å². The number of carbonyl (C=O) groups excluding carboxylic acids is 1. The van der Waals surface area contributed by atoms with Crippen molar-refractivity contribution in [2.75, 3.05) is 6.54 Å². The summed E-state index contributed by atoms with van der Waals surface area (Å²) >= 11 is 2.08. The monoisotopic (exact) mass is 315 g/mol. The third kappa shape index (κ3) is 3.24. The molecule has 1 heterocycles. The van der Waals surface area contributed by atoms with Crippen molar-refractivity contribution < 1.29 is 9.35 Å². The Balaban J connectivity index is 2.14. The van der Waals surface area contributed by atoms with Crippen LogP contribution in [0, 0.1) is 0 Å². The van der Waals surface area contributed by atoms with Crippen molar-refractivity contribution in [3.63, 3.8) is 0 Å². The lowest BCUT2D eigenvalue weighted by Crippen LogP contribution is -2.38. The highest BCUT2D eigenvalue weighted by Crippen LogP contribution is 2.23. The van der Waals surface area contributed by atoms with Crippen LogP contribution in [0.25, 0.3) is 0 Å². The van der Waals surface area contributed by atoms with Crippen LogP contribution >= 0.6 is 15.9 Å². The van der Waals surface area contributed by atoms with Crippen LogP contribution in [0.4, 0.5) is 0 Å². The number of rotatable bonds is 2. The Morgan fingerprint density at radius 2 is 2.00 bits per heavy atom. The average Bonchev–Trinajstić information content (AvgIpc) is 2.54. The highest BCUT2D eigenvalue weighted by atomic mass is 79.9. The summed E-state index contributed by atoms with van der Waals surface area (Å²) in [6.07, 6.45) is 2.62. The largest absolute Gasteiger partial charge is 0.611 e. The predicted octanol–water partition coefficient (Wildman–Crippen LogP) is 2.23. The van der Waals surface area contributed by atoms with Gasteiger partial charge in [-0.15, -0.1) is 0 Å². The van der Waals surface area contributed by atoms with E-state index in [2.05, 4.69) is 21.2 Å². The second-order valence-electron chi connectivity index (χ2n) is 4.03. The molecule has 0 saturated carbocycles. The third-order valence-corrected chi connectivity index (χ3v) is 5.02. The summed E-state index contributed by atoms with van der Waals surface area (Å²) in [6, 6.07) is 7.31. The molecule has 2 unspecified atom stereocenters. The summed E-state index contributed by atoms with van der Waals surface area (Å²) in [5.74, 6) is -0.0799. The number of hydrogen-bond donors (Lipinski definition) is 1. The summed E-state index contributed by atoms with van der Waals surface area (Å²) in [7, 11) is 0. The average molecular weight is 316 g/mol. The maximum absolute atomic E-state index is 12.3. The first-order valence-corrected chi connectivity index (χ1v) is 7.63. The van der Waals surface area contributed by atoms with Crippen molar-refractivity contribution in [1.29, 1.82) is 0 Å². The highest BCUT2D eigenvalue weighted by Gasteiger charge is 2.32. The zero-order chi connectivity index (χ0) is 12.3. The van der Waals surface area contributed by atoms with Gasteiger partial charge in [0.05, 0.1) is 0 Å². The maximum Gasteiger partial charge on any atom is 0.273 e.